The van der Waals surface area contributed by atoms with Crippen LogP contribution in [0.2, 0.25) is 0 Å². The maximum absolute atomic E-state index is 12.7. The minimum Gasteiger partial charge on any atom is -0.342 e. The molecular weight excluding hydrogens is 340 g/mol. The van der Waals surface area contributed by atoms with Gasteiger partial charge in [0.1, 0.15) is 12.2 Å². The highest BCUT2D eigenvalue weighted by Crippen LogP contribution is 2.13. The van der Waals surface area contributed by atoms with Crippen molar-refractivity contribution in [2.24, 2.45) is 0 Å². The zero-order valence-electron chi connectivity index (χ0n) is 16.3. The molecule has 0 saturated carbocycles. The van der Waals surface area contributed by atoms with E-state index in [0.29, 0.717) is 12.1 Å². The number of hydrogen-bond donors (Lipinski definition) is 1. The van der Waals surface area contributed by atoms with Gasteiger partial charge in [-0.2, -0.15) is 10.2 Å². The molecule has 1 unspecified atom stereocenters. The molecule has 27 heavy (non-hydrogen) atoms. The Morgan fingerprint density at radius 3 is 2.74 bits per heavy atom. The van der Waals surface area contributed by atoms with E-state index in [1.165, 1.54) is 6.33 Å². The Hall–Kier alpha value is -2.96. The average Bonchev–Trinajstić information content (AvgIpc) is 3.22. The lowest BCUT2D eigenvalue weighted by Crippen LogP contribution is -2.29. The van der Waals surface area contributed by atoms with Crippen LogP contribution < -0.4 is 5.32 Å². The molecule has 0 radical (unpaired) electrons. The van der Waals surface area contributed by atoms with E-state index in [1.54, 1.807) is 0 Å². The summed E-state index contributed by atoms with van der Waals surface area (Å²) in [6.45, 7) is 9.45. The van der Waals surface area contributed by atoms with Crippen LogP contribution >= 0.6 is 0 Å². The van der Waals surface area contributed by atoms with Crippen LogP contribution in [-0.4, -0.2) is 30.5 Å². The van der Waals surface area contributed by atoms with E-state index in [0.717, 1.165) is 35.7 Å². The Morgan fingerprint density at radius 2 is 2.04 bits per heavy atom. The quantitative estimate of drug-likeness (QED) is 0.697. The molecule has 1 amide bonds. The summed E-state index contributed by atoms with van der Waals surface area (Å²) >= 11 is 0. The molecule has 1 aromatic carbocycles. The predicted octanol–water partition coefficient (Wildman–Crippen LogP) is 3.04. The molecule has 142 valence electrons. The van der Waals surface area contributed by atoms with E-state index in [1.807, 2.05) is 60.5 Å². The summed E-state index contributed by atoms with van der Waals surface area (Å²) < 4.78 is 3.78. The average molecular weight is 366 g/mol. The topological polar surface area (TPSA) is 77.6 Å². The lowest BCUT2D eigenvalue weighted by Gasteiger charge is -2.15. The third kappa shape index (κ3) is 4.42. The highest BCUT2D eigenvalue weighted by molar-refractivity contribution is 5.94. The molecule has 1 atom stereocenters. The van der Waals surface area contributed by atoms with Crippen LogP contribution in [0.4, 0.5) is 0 Å². The molecule has 3 rings (SSSR count). The summed E-state index contributed by atoms with van der Waals surface area (Å²) in [6.07, 6.45) is 2.49. The van der Waals surface area contributed by atoms with E-state index in [4.69, 9.17) is 0 Å². The number of benzene rings is 1. The van der Waals surface area contributed by atoms with Gasteiger partial charge in [0.05, 0.1) is 18.3 Å². The Bertz CT molecular complexity index is 926. The van der Waals surface area contributed by atoms with E-state index in [2.05, 4.69) is 27.4 Å². The third-order valence-corrected chi connectivity index (χ3v) is 4.44. The van der Waals surface area contributed by atoms with Gasteiger partial charge in [-0.05, 0) is 51.0 Å². The first-order chi connectivity index (χ1) is 13.0. The molecule has 2 heterocycles. The predicted molar refractivity (Wildman–Crippen MR) is 103 cm³/mol. The Labute approximate surface area is 159 Å². The van der Waals surface area contributed by atoms with Gasteiger partial charge in [0.2, 0.25) is 0 Å². The molecule has 2 aromatic heterocycles. The van der Waals surface area contributed by atoms with Crippen LogP contribution in [0, 0.1) is 13.8 Å². The minimum absolute atomic E-state index is 0.122. The number of carbonyl (C=O) groups excluding carboxylic acids is 1. The van der Waals surface area contributed by atoms with Crippen LogP contribution in [0.3, 0.4) is 0 Å². The second kappa shape index (κ2) is 8.16. The summed E-state index contributed by atoms with van der Waals surface area (Å²) in [7, 11) is 0. The summed E-state index contributed by atoms with van der Waals surface area (Å²) in [6, 6.07) is 9.48. The van der Waals surface area contributed by atoms with Crippen molar-refractivity contribution in [3.63, 3.8) is 0 Å². The first-order valence-electron chi connectivity index (χ1n) is 9.26. The summed E-state index contributed by atoms with van der Waals surface area (Å²) in [5.74, 6) is 0.646. The van der Waals surface area contributed by atoms with Crippen molar-refractivity contribution in [3.8, 4) is 0 Å². The molecule has 1 N–H and O–H groups in total. The first-order valence-corrected chi connectivity index (χ1v) is 9.26. The monoisotopic (exact) mass is 366 g/mol. The molecule has 0 aliphatic heterocycles. The van der Waals surface area contributed by atoms with Crippen molar-refractivity contribution < 1.29 is 4.79 Å². The van der Waals surface area contributed by atoms with E-state index >= 15 is 0 Å². The SMILES string of the molecule is CCCn1ncnc1C(C)NC(=O)c1cccc(Cn2nc(C)cc2C)c1. The van der Waals surface area contributed by atoms with Gasteiger partial charge < -0.3 is 5.32 Å². The normalized spacial score (nSPS) is 12.1. The van der Waals surface area contributed by atoms with Gasteiger partial charge in [-0.3, -0.25) is 9.48 Å². The van der Waals surface area contributed by atoms with Gasteiger partial charge in [0.25, 0.3) is 5.91 Å². The standard InChI is InChI=1S/C20H26N6O/c1-5-9-25-19(21-13-22-25)16(4)23-20(27)18-8-6-7-17(11-18)12-26-15(3)10-14(2)24-26/h6-8,10-11,13,16H,5,9,12H2,1-4H3,(H,23,27). The van der Waals surface area contributed by atoms with Crippen molar-refractivity contribution in [1.29, 1.82) is 0 Å². The molecule has 0 fully saturated rings. The van der Waals surface area contributed by atoms with Crippen LogP contribution in [0.15, 0.2) is 36.7 Å². The maximum atomic E-state index is 12.7. The second-order valence-corrected chi connectivity index (χ2v) is 6.82. The van der Waals surface area contributed by atoms with Gasteiger partial charge in [0.15, 0.2) is 0 Å². The summed E-state index contributed by atoms with van der Waals surface area (Å²) in [5.41, 5.74) is 3.76. The van der Waals surface area contributed by atoms with Crippen molar-refractivity contribution >= 4 is 5.91 Å². The van der Waals surface area contributed by atoms with E-state index in [-0.39, 0.29) is 11.9 Å². The van der Waals surface area contributed by atoms with Crippen molar-refractivity contribution in [3.05, 3.63) is 65.0 Å². The Balaban J connectivity index is 1.71. The fourth-order valence-corrected chi connectivity index (χ4v) is 3.16. The number of aryl methyl sites for hydroxylation is 3. The number of aromatic nitrogens is 5. The fourth-order valence-electron chi connectivity index (χ4n) is 3.16. The number of carbonyl (C=O) groups is 1. The van der Waals surface area contributed by atoms with Crippen LogP contribution in [0.5, 0.6) is 0 Å². The minimum atomic E-state index is -0.216. The zero-order chi connectivity index (χ0) is 19.4. The van der Waals surface area contributed by atoms with Crippen LogP contribution in [0.25, 0.3) is 0 Å². The summed E-state index contributed by atoms with van der Waals surface area (Å²) in [4.78, 5) is 17.0. The lowest BCUT2D eigenvalue weighted by molar-refractivity contribution is 0.0937. The van der Waals surface area contributed by atoms with Gasteiger partial charge in [0, 0.05) is 17.8 Å². The highest BCUT2D eigenvalue weighted by atomic mass is 16.1. The molecule has 0 saturated heterocycles. The first kappa shape index (κ1) is 18.8. The number of rotatable bonds is 7. The maximum Gasteiger partial charge on any atom is 0.251 e. The molecule has 3 aromatic rings. The number of nitrogens with one attached hydrogen (secondary N) is 1. The number of amides is 1. The largest absolute Gasteiger partial charge is 0.342 e. The number of nitrogens with zero attached hydrogens (tertiary/aromatic N) is 5. The van der Waals surface area contributed by atoms with Crippen molar-refractivity contribution in [1.82, 2.24) is 29.9 Å². The Kier molecular flexibility index (Phi) is 5.69. The van der Waals surface area contributed by atoms with E-state index in [9.17, 15) is 4.79 Å². The molecule has 7 heteroatoms. The highest BCUT2D eigenvalue weighted by Gasteiger charge is 2.16. The van der Waals surface area contributed by atoms with Crippen LogP contribution in [0.1, 0.15) is 59.4 Å². The van der Waals surface area contributed by atoms with Crippen molar-refractivity contribution in [2.45, 2.75) is 53.2 Å². The molecule has 0 spiro atoms. The number of hydrogen-bond acceptors (Lipinski definition) is 4. The van der Waals surface area contributed by atoms with Gasteiger partial charge in [-0.15, -0.1) is 0 Å². The molecule has 7 nitrogen and oxygen atoms in total. The smallest absolute Gasteiger partial charge is 0.251 e. The lowest BCUT2D eigenvalue weighted by atomic mass is 10.1. The van der Waals surface area contributed by atoms with E-state index < -0.39 is 0 Å². The van der Waals surface area contributed by atoms with Gasteiger partial charge >= 0.3 is 0 Å². The Morgan fingerprint density at radius 1 is 1.22 bits per heavy atom. The van der Waals surface area contributed by atoms with Crippen LogP contribution in [-0.2, 0) is 13.1 Å². The third-order valence-electron chi connectivity index (χ3n) is 4.44. The molecular formula is C20H26N6O. The summed E-state index contributed by atoms with van der Waals surface area (Å²) in [5, 5.41) is 11.7. The zero-order valence-corrected chi connectivity index (χ0v) is 16.3. The van der Waals surface area contributed by atoms with Gasteiger partial charge in [-0.1, -0.05) is 19.1 Å². The second-order valence-electron chi connectivity index (χ2n) is 6.82. The fraction of sp³-hybridized carbons (Fsp3) is 0.400. The molecule has 0 bridgehead atoms. The van der Waals surface area contributed by atoms with Crippen molar-refractivity contribution in [2.75, 3.05) is 0 Å². The van der Waals surface area contributed by atoms with Gasteiger partial charge in [-0.25, -0.2) is 9.67 Å². The molecule has 0 aliphatic carbocycles. The molecule has 0 aliphatic rings.